The van der Waals surface area contributed by atoms with Gasteiger partial charge in [0.15, 0.2) is 6.61 Å². The predicted octanol–water partition coefficient (Wildman–Crippen LogP) is 3.44. The van der Waals surface area contributed by atoms with Crippen molar-refractivity contribution in [2.45, 2.75) is 20.4 Å². The first-order valence-electron chi connectivity index (χ1n) is 10.3. The standard InChI is InChI=1S/C24H23BrN4O5/c1-15-5-3-6-16(2)22(15)28-23(31)24(32)29-27-12-17-11-18(25)8-9-20(17)34-14-21(30)26-13-19-7-4-10-33-19/h3-12H,13-14H2,1-2H3,(H,26,30)(H,28,31)(H,29,32)/b27-12-. The number of furan rings is 1. The third kappa shape index (κ3) is 7.04. The van der Waals surface area contributed by atoms with Crippen LogP contribution >= 0.6 is 15.9 Å². The minimum Gasteiger partial charge on any atom is -0.483 e. The molecule has 0 fully saturated rings. The van der Waals surface area contributed by atoms with Crippen LogP contribution in [0.4, 0.5) is 5.69 Å². The lowest BCUT2D eigenvalue weighted by atomic mass is 10.1. The molecule has 0 bridgehead atoms. The highest BCUT2D eigenvalue weighted by Gasteiger charge is 2.15. The first-order chi connectivity index (χ1) is 16.3. The second kappa shape index (κ2) is 11.8. The van der Waals surface area contributed by atoms with Crippen molar-refractivity contribution in [1.82, 2.24) is 10.7 Å². The molecule has 0 saturated heterocycles. The van der Waals surface area contributed by atoms with Gasteiger partial charge < -0.3 is 19.8 Å². The van der Waals surface area contributed by atoms with Crippen LogP contribution in [0.15, 0.2) is 68.8 Å². The number of anilines is 1. The number of halogens is 1. The van der Waals surface area contributed by atoms with E-state index in [0.717, 1.165) is 15.6 Å². The van der Waals surface area contributed by atoms with Gasteiger partial charge in [0.1, 0.15) is 11.5 Å². The van der Waals surface area contributed by atoms with Crippen molar-refractivity contribution < 1.29 is 23.5 Å². The fourth-order valence-corrected chi connectivity index (χ4v) is 3.32. The molecule has 9 nitrogen and oxygen atoms in total. The Hall–Kier alpha value is -3.92. The van der Waals surface area contributed by atoms with Gasteiger partial charge in [-0.3, -0.25) is 14.4 Å². The summed E-state index contributed by atoms with van der Waals surface area (Å²) in [6.07, 6.45) is 2.85. The van der Waals surface area contributed by atoms with Crippen LogP contribution in [0.25, 0.3) is 0 Å². The number of nitrogens with zero attached hydrogens (tertiary/aromatic N) is 1. The van der Waals surface area contributed by atoms with E-state index in [1.165, 1.54) is 12.5 Å². The monoisotopic (exact) mass is 526 g/mol. The summed E-state index contributed by atoms with van der Waals surface area (Å²) in [4.78, 5) is 36.4. The summed E-state index contributed by atoms with van der Waals surface area (Å²) in [6.45, 7) is 3.70. The fraction of sp³-hybridized carbons (Fsp3) is 0.167. The Morgan fingerprint density at radius 2 is 1.82 bits per heavy atom. The number of benzene rings is 2. The number of carbonyl (C=O) groups excluding carboxylic acids is 3. The van der Waals surface area contributed by atoms with Gasteiger partial charge in [0.2, 0.25) is 0 Å². The molecule has 3 N–H and O–H groups in total. The topological polar surface area (TPSA) is 122 Å². The predicted molar refractivity (Wildman–Crippen MR) is 130 cm³/mol. The van der Waals surface area contributed by atoms with E-state index < -0.39 is 11.8 Å². The van der Waals surface area contributed by atoms with E-state index in [4.69, 9.17) is 9.15 Å². The number of hydrazone groups is 1. The van der Waals surface area contributed by atoms with Gasteiger partial charge in [-0.15, -0.1) is 0 Å². The SMILES string of the molecule is Cc1cccc(C)c1NC(=O)C(=O)N/N=C\c1cc(Br)ccc1OCC(=O)NCc1ccco1. The van der Waals surface area contributed by atoms with Crippen LogP contribution in [-0.2, 0) is 20.9 Å². The first-order valence-corrected chi connectivity index (χ1v) is 11.0. The summed E-state index contributed by atoms with van der Waals surface area (Å²) in [5.41, 5.74) is 4.95. The molecule has 0 saturated carbocycles. The zero-order chi connectivity index (χ0) is 24.5. The Kier molecular flexibility index (Phi) is 8.58. The summed E-state index contributed by atoms with van der Waals surface area (Å²) in [5.74, 6) is -1.10. The molecule has 0 atom stereocenters. The molecule has 0 spiro atoms. The van der Waals surface area contributed by atoms with Crippen LogP contribution in [0.2, 0.25) is 0 Å². The highest BCUT2D eigenvalue weighted by molar-refractivity contribution is 9.10. The minimum absolute atomic E-state index is 0.228. The lowest BCUT2D eigenvalue weighted by Gasteiger charge is -2.11. The molecular formula is C24H23BrN4O5. The van der Waals surface area contributed by atoms with Gasteiger partial charge >= 0.3 is 11.8 Å². The Bertz CT molecular complexity index is 1190. The Labute approximate surface area is 204 Å². The van der Waals surface area contributed by atoms with Crippen molar-refractivity contribution in [3.8, 4) is 5.75 Å². The summed E-state index contributed by atoms with van der Waals surface area (Å²) in [5, 5.41) is 9.13. The van der Waals surface area contributed by atoms with E-state index in [-0.39, 0.29) is 19.1 Å². The van der Waals surface area contributed by atoms with Gasteiger partial charge in [0, 0.05) is 15.7 Å². The molecule has 2 aromatic carbocycles. The van der Waals surface area contributed by atoms with Crippen molar-refractivity contribution in [3.63, 3.8) is 0 Å². The van der Waals surface area contributed by atoms with E-state index >= 15 is 0 Å². The summed E-state index contributed by atoms with van der Waals surface area (Å²) in [7, 11) is 0. The lowest BCUT2D eigenvalue weighted by molar-refractivity contribution is -0.136. The maximum atomic E-state index is 12.2. The van der Waals surface area contributed by atoms with E-state index in [9.17, 15) is 14.4 Å². The number of rotatable bonds is 8. The maximum absolute atomic E-state index is 12.2. The lowest BCUT2D eigenvalue weighted by Crippen LogP contribution is -2.32. The summed E-state index contributed by atoms with van der Waals surface area (Å²) >= 11 is 3.36. The van der Waals surface area contributed by atoms with Gasteiger partial charge in [0.25, 0.3) is 5.91 Å². The molecule has 3 amide bonds. The van der Waals surface area contributed by atoms with Crippen LogP contribution in [0.1, 0.15) is 22.5 Å². The number of hydrogen-bond acceptors (Lipinski definition) is 6. The van der Waals surface area contributed by atoms with E-state index in [0.29, 0.717) is 22.8 Å². The zero-order valence-corrected chi connectivity index (χ0v) is 20.1. The molecule has 3 rings (SSSR count). The highest BCUT2D eigenvalue weighted by atomic mass is 79.9. The molecule has 3 aromatic rings. The van der Waals surface area contributed by atoms with Crippen molar-refractivity contribution >= 4 is 45.6 Å². The average Bonchev–Trinajstić information content (AvgIpc) is 3.33. The van der Waals surface area contributed by atoms with Crippen molar-refractivity contribution in [1.29, 1.82) is 0 Å². The Balaban J connectivity index is 1.56. The molecule has 0 aliphatic carbocycles. The molecule has 0 aliphatic rings. The van der Waals surface area contributed by atoms with Crippen LogP contribution in [-0.4, -0.2) is 30.5 Å². The second-order valence-corrected chi connectivity index (χ2v) is 8.16. The van der Waals surface area contributed by atoms with Gasteiger partial charge in [-0.1, -0.05) is 34.1 Å². The quantitative estimate of drug-likeness (QED) is 0.235. The molecule has 0 radical (unpaired) electrons. The average molecular weight is 527 g/mol. The second-order valence-electron chi connectivity index (χ2n) is 7.25. The zero-order valence-electron chi connectivity index (χ0n) is 18.6. The number of carbonyl (C=O) groups is 3. The Morgan fingerprint density at radius 1 is 1.06 bits per heavy atom. The third-order valence-electron chi connectivity index (χ3n) is 4.67. The van der Waals surface area contributed by atoms with Crippen molar-refractivity contribution in [2.24, 2.45) is 5.10 Å². The van der Waals surface area contributed by atoms with E-state index in [1.807, 2.05) is 32.0 Å². The maximum Gasteiger partial charge on any atom is 0.329 e. The number of ether oxygens (including phenoxy) is 1. The van der Waals surface area contributed by atoms with Gasteiger partial charge in [-0.25, -0.2) is 5.43 Å². The number of nitrogens with one attached hydrogen (secondary N) is 3. The largest absolute Gasteiger partial charge is 0.483 e. The van der Waals surface area contributed by atoms with Crippen LogP contribution in [0.3, 0.4) is 0 Å². The first kappa shape index (κ1) is 24.7. The summed E-state index contributed by atoms with van der Waals surface area (Å²) in [6, 6.07) is 14.1. The van der Waals surface area contributed by atoms with Gasteiger partial charge in [-0.05, 0) is 55.3 Å². The van der Waals surface area contributed by atoms with Gasteiger partial charge in [0.05, 0.1) is 19.0 Å². The fourth-order valence-electron chi connectivity index (χ4n) is 2.94. The normalized spacial score (nSPS) is 10.7. The van der Waals surface area contributed by atoms with Crippen LogP contribution in [0.5, 0.6) is 5.75 Å². The molecule has 0 unspecified atom stereocenters. The number of hydrogen-bond donors (Lipinski definition) is 3. The molecule has 34 heavy (non-hydrogen) atoms. The molecular weight excluding hydrogens is 504 g/mol. The number of amides is 3. The van der Waals surface area contributed by atoms with Gasteiger partial charge in [-0.2, -0.15) is 5.10 Å². The van der Waals surface area contributed by atoms with Crippen molar-refractivity contribution in [3.05, 3.63) is 81.7 Å². The molecule has 0 aliphatic heterocycles. The third-order valence-corrected chi connectivity index (χ3v) is 5.16. The van der Waals surface area contributed by atoms with Crippen LogP contribution < -0.4 is 20.8 Å². The van der Waals surface area contributed by atoms with Crippen LogP contribution in [0, 0.1) is 13.8 Å². The molecule has 10 heteroatoms. The minimum atomic E-state index is -0.923. The number of aryl methyl sites for hydroxylation is 2. The smallest absolute Gasteiger partial charge is 0.329 e. The number of para-hydroxylation sites is 1. The molecule has 1 heterocycles. The summed E-state index contributed by atoms with van der Waals surface area (Å²) < 4.78 is 11.5. The highest BCUT2D eigenvalue weighted by Crippen LogP contribution is 2.22. The molecule has 176 valence electrons. The van der Waals surface area contributed by atoms with Crippen molar-refractivity contribution in [2.75, 3.05) is 11.9 Å². The van der Waals surface area contributed by atoms with E-state index in [2.05, 4.69) is 37.1 Å². The van der Waals surface area contributed by atoms with E-state index in [1.54, 1.807) is 30.3 Å². The molecule has 1 aromatic heterocycles. The Morgan fingerprint density at radius 3 is 2.53 bits per heavy atom.